The molecule has 0 unspecified atom stereocenters. The van der Waals surface area contributed by atoms with Gasteiger partial charge in [0.25, 0.3) is 0 Å². The minimum atomic E-state index is -0.527. The number of hydrogen-bond donors (Lipinski definition) is 2. The van der Waals surface area contributed by atoms with Gasteiger partial charge in [-0.3, -0.25) is 39.2 Å². The molecule has 0 aliphatic rings. The van der Waals surface area contributed by atoms with E-state index < -0.39 is 12.1 Å². The first-order chi connectivity index (χ1) is 31.0. The zero-order valence-electron chi connectivity index (χ0n) is 37.2. The Labute approximate surface area is 373 Å². The Hall–Kier alpha value is -7.04. The zero-order valence-corrected chi connectivity index (χ0v) is 37.2. The molecule has 0 bridgehead atoms. The molecule has 16 heteroatoms. The molecule has 4 aromatic heterocycles. The number of carbonyl (C=O) groups excluding carboxylic acids is 4. The average molecular weight is 873 g/mol. The van der Waals surface area contributed by atoms with Crippen LogP contribution in [0, 0.1) is 0 Å². The van der Waals surface area contributed by atoms with Crippen molar-refractivity contribution in [2.45, 2.75) is 51.6 Å². The molecule has 0 saturated carbocycles. The van der Waals surface area contributed by atoms with Crippen LogP contribution in [0.3, 0.4) is 0 Å². The van der Waals surface area contributed by atoms with Gasteiger partial charge in [0.2, 0.25) is 11.8 Å². The van der Waals surface area contributed by atoms with Gasteiger partial charge in [0, 0.05) is 61.1 Å². The summed E-state index contributed by atoms with van der Waals surface area (Å²) in [5, 5.41) is 15.2. The lowest BCUT2D eigenvalue weighted by Crippen LogP contribution is -2.42. The van der Waals surface area contributed by atoms with Crippen molar-refractivity contribution in [1.82, 2.24) is 40.2 Å². The molecule has 2 aromatic carbocycles. The SMILES string of the molecule is CCOC(=O)CN[C@@H](Cc1ccccc1)C(=O)Cc1cc(-c2ccnc(OC)c2)nn1C.CCOC(=O)CN[C@@H](Cc1ccccc1)C(=O)Cc1cc(-c2ccnc(OC)c2)nn1C. The molecule has 0 aliphatic heterocycles. The predicted octanol–water partition coefficient (Wildman–Crippen LogP) is 4.73. The normalized spacial score (nSPS) is 11.7. The molecule has 6 aromatic rings. The first-order valence-electron chi connectivity index (χ1n) is 21.0. The van der Waals surface area contributed by atoms with E-state index in [1.165, 1.54) is 0 Å². The number of carbonyl (C=O) groups is 4. The largest absolute Gasteiger partial charge is 0.481 e. The van der Waals surface area contributed by atoms with E-state index in [0.29, 0.717) is 37.8 Å². The summed E-state index contributed by atoms with van der Waals surface area (Å²) in [6.45, 7) is 4.06. The van der Waals surface area contributed by atoms with Crippen molar-refractivity contribution >= 4 is 23.5 Å². The van der Waals surface area contributed by atoms with E-state index in [2.05, 4.69) is 30.8 Å². The number of esters is 2. The lowest BCUT2D eigenvalue weighted by Gasteiger charge is -2.17. The molecule has 2 N–H and O–H groups in total. The van der Waals surface area contributed by atoms with Crippen molar-refractivity contribution in [1.29, 1.82) is 0 Å². The Kier molecular flexibility index (Phi) is 18.4. The van der Waals surface area contributed by atoms with Crippen molar-refractivity contribution in [3.63, 3.8) is 0 Å². The Morgan fingerprint density at radius 3 is 1.33 bits per heavy atom. The first kappa shape index (κ1) is 48.0. The highest BCUT2D eigenvalue weighted by Crippen LogP contribution is 2.24. The van der Waals surface area contributed by atoms with Gasteiger partial charge in [-0.05, 0) is 62.1 Å². The van der Waals surface area contributed by atoms with Crippen molar-refractivity contribution < 1.29 is 38.1 Å². The third-order valence-corrected chi connectivity index (χ3v) is 10.1. The van der Waals surface area contributed by atoms with Crippen LogP contribution < -0.4 is 20.1 Å². The van der Waals surface area contributed by atoms with E-state index in [4.69, 9.17) is 18.9 Å². The van der Waals surface area contributed by atoms with Gasteiger partial charge in [0.15, 0.2) is 11.6 Å². The van der Waals surface area contributed by atoms with Crippen LogP contribution in [0.1, 0.15) is 36.4 Å². The molecule has 0 saturated heterocycles. The van der Waals surface area contributed by atoms with Gasteiger partial charge in [-0.2, -0.15) is 10.2 Å². The molecule has 6 rings (SSSR count). The third-order valence-electron chi connectivity index (χ3n) is 10.1. The van der Waals surface area contributed by atoms with Gasteiger partial charge in [0.1, 0.15) is 0 Å². The minimum Gasteiger partial charge on any atom is -0.481 e. The fourth-order valence-electron chi connectivity index (χ4n) is 6.73. The number of aromatic nitrogens is 6. The van der Waals surface area contributed by atoms with E-state index in [1.807, 2.05) is 99.0 Å². The van der Waals surface area contributed by atoms with E-state index >= 15 is 0 Å². The predicted molar refractivity (Wildman–Crippen MR) is 241 cm³/mol. The van der Waals surface area contributed by atoms with Crippen molar-refractivity contribution in [3.8, 4) is 34.3 Å². The van der Waals surface area contributed by atoms with E-state index in [0.717, 1.165) is 45.0 Å². The summed E-state index contributed by atoms with van der Waals surface area (Å²) in [5.41, 5.74) is 6.74. The molecule has 0 fully saturated rings. The molecule has 16 nitrogen and oxygen atoms in total. The molecule has 64 heavy (non-hydrogen) atoms. The van der Waals surface area contributed by atoms with Crippen LogP contribution in [-0.4, -0.2) is 106 Å². The highest BCUT2D eigenvalue weighted by molar-refractivity contribution is 5.88. The van der Waals surface area contributed by atoms with Crippen LogP contribution in [-0.2, 0) is 68.4 Å². The summed E-state index contributed by atoms with van der Waals surface area (Å²) < 4.78 is 23.7. The zero-order chi connectivity index (χ0) is 45.8. The van der Waals surface area contributed by atoms with Crippen LogP contribution in [0.25, 0.3) is 22.5 Å². The smallest absolute Gasteiger partial charge is 0.319 e. The number of Topliss-reactive ketones (excluding diaryl/α,β-unsaturated/α-hetero) is 2. The quantitative estimate of drug-likeness (QED) is 0.0891. The van der Waals surface area contributed by atoms with Crippen LogP contribution >= 0.6 is 0 Å². The molecule has 0 amide bonds. The Bertz CT molecular complexity index is 2270. The summed E-state index contributed by atoms with van der Waals surface area (Å²) in [6.07, 6.45) is 4.63. The van der Waals surface area contributed by atoms with Crippen molar-refractivity contribution in [2.24, 2.45) is 14.1 Å². The topological polar surface area (TPSA) is 191 Å². The molecule has 0 aliphatic carbocycles. The summed E-state index contributed by atoms with van der Waals surface area (Å²) >= 11 is 0. The van der Waals surface area contributed by atoms with Crippen LogP contribution in [0.15, 0.2) is 109 Å². The summed E-state index contributed by atoms with van der Waals surface area (Å²) in [6, 6.07) is 29.4. The number of ether oxygens (including phenoxy) is 4. The first-order valence-corrected chi connectivity index (χ1v) is 21.0. The van der Waals surface area contributed by atoms with Crippen molar-refractivity contribution in [3.05, 3.63) is 132 Å². The van der Waals surface area contributed by atoms with Crippen molar-refractivity contribution in [2.75, 3.05) is 40.5 Å². The number of nitrogens with one attached hydrogen (secondary N) is 2. The average Bonchev–Trinajstić information content (AvgIpc) is 3.87. The van der Waals surface area contributed by atoms with Crippen LogP contribution in [0.4, 0.5) is 0 Å². The van der Waals surface area contributed by atoms with Crippen LogP contribution in [0.2, 0.25) is 0 Å². The summed E-state index contributed by atoms with van der Waals surface area (Å²) in [7, 11) is 6.74. The number of benzene rings is 2. The number of rotatable bonds is 22. The molecular formula is C48H56N8O8. The summed E-state index contributed by atoms with van der Waals surface area (Å²) in [5.74, 6) is 0.175. The maximum Gasteiger partial charge on any atom is 0.319 e. The maximum absolute atomic E-state index is 13.2. The standard InChI is InChI=1S/2C24H28N4O4/c2*1-4-32-24(30)16-26-21(12-17-8-6-5-7-9-17)22(29)15-19-14-20(27-28(19)2)18-10-11-25-23(13-18)31-3/h2*5-11,13-14,21,26H,4,12,15-16H2,1-3H3/t2*21-/m00/s1. The van der Waals surface area contributed by atoms with Crippen LogP contribution in [0.5, 0.6) is 11.8 Å². The summed E-state index contributed by atoms with van der Waals surface area (Å²) in [4.78, 5) is 58.3. The number of hydrogen-bond acceptors (Lipinski definition) is 14. The van der Waals surface area contributed by atoms with E-state index in [9.17, 15) is 19.2 Å². The lowest BCUT2D eigenvalue weighted by atomic mass is 9.99. The van der Waals surface area contributed by atoms with E-state index in [1.54, 1.807) is 62.0 Å². The van der Waals surface area contributed by atoms with Gasteiger partial charge in [-0.15, -0.1) is 0 Å². The molecule has 4 heterocycles. The molecule has 2 atom stereocenters. The fourth-order valence-corrected chi connectivity index (χ4v) is 6.73. The number of ketones is 2. The monoisotopic (exact) mass is 872 g/mol. The van der Waals surface area contributed by atoms with Gasteiger partial charge in [-0.25, -0.2) is 9.97 Å². The molecular weight excluding hydrogens is 817 g/mol. The number of pyridine rings is 2. The maximum atomic E-state index is 13.2. The second-order valence-electron chi connectivity index (χ2n) is 14.6. The molecule has 0 radical (unpaired) electrons. The molecule has 0 spiro atoms. The fraction of sp³-hybridized carbons (Fsp3) is 0.333. The van der Waals surface area contributed by atoms with Gasteiger partial charge in [0.05, 0.1) is 76.8 Å². The highest BCUT2D eigenvalue weighted by atomic mass is 16.5. The second kappa shape index (κ2) is 24.6. The lowest BCUT2D eigenvalue weighted by molar-refractivity contribution is -0.143. The third kappa shape index (κ3) is 14.5. The van der Waals surface area contributed by atoms with Gasteiger partial charge in [-0.1, -0.05) is 60.7 Å². The highest BCUT2D eigenvalue weighted by Gasteiger charge is 2.24. The Morgan fingerprint density at radius 1 is 0.578 bits per heavy atom. The second-order valence-corrected chi connectivity index (χ2v) is 14.6. The minimum absolute atomic E-state index is 0.0233. The Morgan fingerprint density at radius 2 is 0.969 bits per heavy atom. The number of nitrogens with zero attached hydrogens (tertiary/aromatic N) is 6. The van der Waals surface area contributed by atoms with Gasteiger partial charge >= 0.3 is 11.9 Å². The van der Waals surface area contributed by atoms with Gasteiger partial charge < -0.3 is 18.9 Å². The van der Waals surface area contributed by atoms with E-state index in [-0.39, 0.29) is 49.4 Å². The number of aryl methyl sites for hydroxylation is 2. The molecule has 336 valence electrons. The Balaban J connectivity index is 0.000000241. The number of methoxy groups -OCH3 is 2.